The molecule has 2 fully saturated rings. The lowest BCUT2D eigenvalue weighted by Crippen LogP contribution is -2.46. The molecule has 2 aliphatic rings. The van der Waals surface area contributed by atoms with E-state index in [2.05, 4.69) is 15.5 Å². The van der Waals surface area contributed by atoms with Gasteiger partial charge in [0.15, 0.2) is 0 Å². The van der Waals surface area contributed by atoms with Gasteiger partial charge in [-0.3, -0.25) is 19.4 Å². The van der Waals surface area contributed by atoms with E-state index >= 15 is 0 Å². The summed E-state index contributed by atoms with van der Waals surface area (Å²) < 4.78 is 10.7. The summed E-state index contributed by atoms with van der Waals surface area (Å²) in [5.74, 6) is -0.0835. The third-order valence-corrected chi connectivity index (χ3v) is 6.41. The summed E-state index contributed by atoms with van der Waals surface area (Å²) >= 11 is 0. The number of rotatable bonds is 8. The first-order valence-corrected chi connectivity index (χ1v) is 11.3. The number of methoxy groups -OCH3 is 1. The largest absolute Gasteiger partial charge is 0.497 e. The molecular formula is C25H30N4O5. The summed E-state index contributed by atoms with van der Waals surface area (Å²) in [5.41, 5.74) is 0.510. The van der Waals surface area contributed by atoms with Crippen molar-refractivity contribution in [3.05, 3.63) is 65.7 Å². The van der Waals surface area contributed by atoms with Crippen LogP contribution in [-0.4, -0.2) is 74.1 Å². The molecule has 2 saturated heterocycles. The minimum Gasteiger partial charge on any atom is -0.497 e. The molecule has 180 valence electrons. The van der Waals surface area contributed by atoms with E-state index < -0.39 is 23.4 Å². The third kappa shape index (κ3) is 4.90. The number of nitrogens with zero attached hydrogens (tertiary/aromatic N) is 2. The van der Waals surface area contributed by atoms with Gasteiger partial charge >= 0.3 is 6.03 Å². The number of carbonyl (C=O) groups is 3. The van der Waals surface area contributed by atoms with Crippen molar-refractivity contribution in [2.45, 2.75) is 18.5 Å². The number of hydrogen-bond acceptors (Lipinski definition) is 6. The van der Waals surface area contributed by atoms with Gasteiger partial charge in [-0.25, -0.2) is 4.79 Å². The van der Waals surface area contributed by atoms with E-state index in [9.17, 15) is 14.4 Å². The molecule has 2 aliphatic heterocycles. The first kappa shape index (κ1) is 23.7. The number of morpholine rings is 1. The summed E-state index contributed by atoms with van der Waals surface area (Å²) in [6, 6.07) is 16.1. The quantitative estimate of drug-likeness (QED) is 0.574. The van der Waals surface area contributed by atoms with Crippen LogP contribution < -0.4 is 15.4 Å². The highest BCUT2D eigenvalue weighted by Crippen LogP contribution is 2.28. The molecule has 2 N–H and O–H groups in total. The summed E-state index contributed by atoms with van der Waals surface area (Å²) in [5, 5.41) is 5.64. The number of carbonyl (C=O) groups excluding carboxylic acids is 3. The van der Waals surface area contributed by atoms with Crippen LogP contribution in [0.2, 0.25) is 0 Å². The molecule has 4 rings (SSSR count). The molecule has 0 spiro atoms. The van der Waals surface area contributed by atoms with E-state index in [4.69, 9.17) is 9.47 Å². The van der Waals surface area contributed by atoms with E-state index in [1.807, 2.05) is 30.3 Å². The van der Waals surface area contributed by atoms with Crippen molar-refractivity contribution in [3.63, 3.8) is 0 Å². The van der Waals surface area contributed by atoms with Crippen LogP contribution in [0.3, 0.4) is 0 Å². The Hall–Kier alpha value is -3.43. The Morgan fingerprint density at radius 3 is 2.44 bits per heavy atom. The van der Waals surface area contributed by atoms with Crippen molar-refractivity contribution in [2.75, 3.05) is 46.5 Å². The first-order chi connectivity index (χ1) is 16.4. The molecular weight excluding hydrogens is 436 g/mol. The van der Waals surface area contributed by atoms with Crippen LogP contribution in [0, 0.1) is 0 Å². The second-order valence-electron chi connectivity index (χ2n) is 8.55. The van der Waals surface area contributed by atoms with Crippen molar-refractivity contribution in [3.8, 4) is 5.75 Å². The number of nitrogens with one attached hydrogen (secondary N) is 2. The average Bonchev–Trinajstić information content (AvgIpc) is 3.09. The van der Waals surface area contributed by atoms with Crippen molar-refractivity contribution < 1.29 is 23.9 Å². The summed E-state index contributed by atoms with van der Waals surface area (Å²) in [4.78, 5) is 41.7. The fourth-order valence-electron chi connectivity index (χ4n) is 4.39. The molecule has 2 atom stereocenters. The van der Waals surface area contributed by atoms with Crippen LogP contribution in [0.15, 0.2) is 54.6 Å². The van der Waals surface area contributed by atoms with Gasteiger partial charge in [0.2, 0.25) is 5.91 Å². The second-order valence-corrected chi connectivity index (χ2v) is 8.55. The van der Waals surface area contributed by atoms with Crippen LogP contribution in [0.4, 0.5) is 4.79 Å². The number of ether oxygens (including phenoxy) is 2. The van der Waals surface area contributed by atoms with Crippen LogP contribution in [0.1, 0.15) is 24.1 Å². The molecule has 2 aromatic rings. The summed E-state index contributed by atoms with van der Waals surface area (Å²) in [6.45, 7) is 4.39. The monoisotopic (exact) mass is 466 g/mol. The lowest BCUT2D eigenvalue weighted by Gasteiger charge is -2.35. The Labute approximate surface area is 199 Å². The van der Waals surface area contributed by atoms with Crippen molar-refractivity contribution in [2.24, 2.45) is 0 Å². The van der Waals surface area contributed by atoms with E-state index in [1.54, 1.807) is 38.3 Å². The van der Waals surface area contributed by atoms with Gasteiger partial charge in [0.25, 0.3) is 5.91 Å². The Balaban J connectivity index is 1.42. The Morgan fingerprint density at radius 1 is 1.12 bits per heavy atom. The lowest BCUT2D eigenvalue weighted by atomic mass is 9.92. The standard InChI is InChI=1S/C25H30N4O5/c1-25(19-6-4-3-5-7-19)23(31)29(24(32)27-25)17-22(30)26-16-21(28-12-14-34-15-13-28)18-8-10-20(33-2)11-9-18/h3-11,21H,12-17H2,1-2H3,(H,26,30)(H,27,32). The first-order valence-electron chi connectivity index (χ1n) is 11.3. The van der Waals surface area contributed by atoms with Gasteiger partial charge in [-0.05, 0) is 30.2 Å². The van der Waals surface area contributed by atoms with Gasteiger partial charge in [-0.2, -0.15) is 0 Å². The fraction of sp³-hybridized carbons (Fsp3) is 0.400. The zero-order valence-electron chi connectivity index (χ0n) is 19.5. The van der Waals surface area contributed by atoms with Crippen LogP contribution in [-0.2, 0) is 19.9 Å². The smallest absolute Gasteiger partial charge is 0.325 e. The topological polar surface area (TPSA) is 100 Å². The van der Waals surface area contributed by atoms with Crippen molar-refractivity contribution in [1.29, 1.82) is 0 Å². The molecule has 34 heavy (non-hydrogen) atoms. The Morgan fingerprint density at radius 2 is 1.79 bits per heavy atom. The average molecular weight is 467 g/mol. The summed E-state index contributed by atoms with van der Waals surface area (Å²) in [7, 11) is 1.62. The van der Waals surface area contributed by atoms with Crippen LogP contribution >= 0.6 is 0 Å². The maximum atomic E-state index is 13.1. The Kier molecular flexibility index (Phi) is 7.14. The molecule has 0 bridgehead atoms. The highest BCUT2D eigenvalue weighted by atomic mass is 16.5. The Bertz CT molecular complexity index is 1020. The van der Waals surface area contributed by atoms with Gasteiger partial charge in [0, 0.05) is 19.6 Å². The number of benzene rings is 2. The van der Waals surface area contributed by atoms with Crippen molar-refractivity contribution >= 4 is 17.8 Å². The van der Waals surface area contributed by atoms with Crippen molar-refractivity contribution in [1.82, 2.24) is 20.4 Å². The normalized spacial score (nSPS) is 21.8. The van der Waals surface area contributed by atoms with Crippen LogP contribution in [0.5, 0.6) is 5.75 Å². The number of amides is 4. The molecule has 9 heteroatoms. The molecule has 2 aromatic carbocycles. The zero-order valence-corrected chi connectivity index (χ0v) is 19.5. The third-order valence-electron chi connectivity index (χ3n) is 6.41. The number of hydrogen-bond donors (Lipinski definition) is 2. The predicted octanol–water partition coefficient (Wildman–Crippen LogP) is 1.65. The highest BCUT2D eigenvalue weighted by molar-refractivity contribution is 6.09. The second kappa shape index (κ2) is 10.2. The van der Waals surface area contributed by atoms with Gasteiger partial charge in [-0.15, -0.1) is 0 Å². The highest BCUT2D eigenvalue weighted by Gasteiger charge is 2.49. The number of urea groups is 1. The molecule has 0 aromatic heterocycles. The van der Waals surface area contributed by atoms with Crippen LogP contribution in [0.25, 0.3) is 0 Å². The maximum Gasteiger partial charge on any atom is 0.325 e. The van der Waals surface area contributed by atoms with Gasteiger partial charge < -0.3 is 20.1 Å². The van der Waals surface area contributed by atoms with E-state index in [0.717, 1.165) is 29.3 Å². The molecule has 0 aliphatic carbocycles. The molecule has 2 unspecified atom stereocenters. The molecule has 4 amide bonds. The minimum atomic E-state index is -1.20. The van der Waals surface area contributed by atoms with E-state index in [1.165, 1.54) is 0 Å². The van der Waals surface area contributed by atoms with Gasteiger partial charge in [0.05, 0.1) is 26.4 Å². The molecule has 9 nitrogen and oxygen atoms in total. The minimum absolute atomic E-state index is 0.0727. The molecule has 2 heterocycles. The van der Waals surface area contributed by atoms with Gasteiger partial charge in [-0.1, -0.05) is 42.5 Å². The molecule has 0 saturated carbocycles. The van der Waals surface area contributed by atoms with Gasteiger partial charge in [0.1, 0.15) is 17.8 Å². The zero-order chi connectivity index (χ0) is 24.1. The van der Waals surface area contributed by atoms with E-state index in [0.29, 0.717) is 25.3 Å². The SMILES string of the molecule is COc1ccc(C(CNC(=O)CN2C(=O)NC(C)(c3ccccc3)C2=O)N2CCOCC2)cc1. The molecule has 0 radical (unpaired) electrons. The lowest BCUT2D eigenvalue weighted by molar-refractivity contribution is -0.134. The summed E-state index contributed by atoms with van der Waals surface area (Å²) in [6.07, 6.45) is 0. The predicted molar refractivity (Wildman–Crippen MR) is 125 cm³/mol. The fourth-order valence-corrected chi connectivity index (χ4v) is 4.39. The van der Waals surface area contributed by atoms with E-state index in [-0.39, 0.29) is 12.6 Å². The maximum absolute atomic E-state index is 13.1. The number of imide groups is 1.